The van der Waals surface area contributed by atoms with Crippen molar-refractivity contribution in [1.82, 2.24) is 0 Å². The number of hydrogen-bond donors (Lipinski definition) is 1. The second-order valence-corrected chi connectivity index (χ2v) is 5.77. The maximum Gasteiger partial charge on any atom is 0.341 e. The van der Waals surface area contributed by atoms with Crippen LogP contribution in [0.2, 0.25) is 0 Å². The van der Waals surface area contributed by atoms with Gasteiger partial charge in [-0.3, -0.25) is 4.79 Å². The predicted octanol–water partition coefficient (Wildman–Crippen LogP) is 2.23. The monoisotopic (exact) mass is 289 g/mol. The molecule has 5 nitrogen and oxygen atoms in total. The number of rotatable bonds is 5. The summed E-state index contributed by atoms with van der Waals surface area (Å²) in [4.78, 5) is 24.6. The summed E-state index contributed by atoms with van der Waals surface area (Å²) in [5.74, 6) is 0.375. The Morgan fingerprint density at radius 3 is 2.81 bits per heavy atom. The molecule has 1 aliphatic carbocycles. The zero-order valence-electron chi connectivity index (χ0n) is 11.9. The third kappa shape index (κ3) is 3.01. The molecule has 2 aliphatic rings. The molecule has 112 valence electrons. The number of nitrogens with zero attached hydrogens (tertiary/aromatic N) is 1. The molecule has 21 heavy (non-hydrogen) atoms. The highest BCUT2D eigenvalue weighted by Gasteiger charge is 2.29. The number of carbonyl (C=O) groups excluding carboxylic acids is 1. The van der Waals surface area contributed by atoms with Crippen LogP contribution >= 0.6 is 0 Å². The maximum absolute atomic E-state index is 12.1. The van der Waals surface area contributed by atoms with Crippen LogP contribution in [0.3, 0.4) is 0 Å². The van der Waals surface area contributed by atoms with E-state index in [0.717, 1.165) is 17.8 Å². The number of carbonyl (C=O) groups is 2. The first-order valence-corrected chi connectivity index (χ1v) is 7.41. The third-order valence-corrected chi connectivity index (χ3v) is 4.28. The number of carboxylic acids is 1. The van der Waals surface area contributed by atoms with E-state index in [0.29, 0.717) is 24.5 Å². The Balaban J connectivity index is 1.77. The summed E-state index contributed by atoms with van der Waals surface area (Å²) in [6, 6.07) is 5.48. The first kappa shape index (κ1) is 13.9. The number of aryl methyl sites for hydroxylation is 1. The zero-order valence-corrected chi connectivity index (χ0v) is 11.9. The van der Waals surface area contributed by atoms with Crippen molar-refractivity contribution < 1.29 is 19.4 Å². The summed E-state index contributed by atoms with van der Waals surface area (Å²) in [6.45, 7) is 0.463. The molecule has 0 aromatic heterocycles. The van der Waals surface area contributed by atoms with Gasteiger partial charge in [0.15, 0.2) is 6.61 Å². The first-order chi connectivity index (χ1) is 10.1. The van der Waals surface area contributed by atoms with E-state index >= 15 is 0 Å². The van der Waals surface area contributed by atoms with E-state index in [9.17, 15) is 9.59 Å². The molecular weight excluding hydrogens is 270 g/mol. The van der Waals surface area contributed by atoms with Crippen LogP contribution in [0, 0.1) is 5.92 Å². The van der Waals surface area contributed by atoms with Gasteiger partial charge in [-0.25, -0.2) is 4.79 Å². The molecule has 0 unspecified atom stereocenters. The van der Waals surface area contributed by atoms with Gasteiger partial charge in [-0.2, -0.15) is 0 Å². The zero-order chi connectivity index (χ0) is 14.8. The quantitative estimate of drug-likeness (QED) is 0.902. The fraction of sp³-hybridized carbons (Fsp3) is 0.500. The van der Waals surface area contributed by atoms with Crippen LogP contribution in [0.1, 0.15) is 31.2 Å². The van der Waals surface area contributed by atoms with E-state index in [1.165, 1.54) is 19.3 Å². The Morgan fingerprint density at radius 1 is 1.33 bits per heavy atom. The van der Waals surface area contributed by atoms with Gasteiger partial charge in [0.1, 0.15) is 5.75 Å². The highest BCUT2D eigenvalue weighted by molar-refractivity contribution is 5.96. The van der Waals surface area contributed by atoms with Crippen LogP contribution in [0.25, 0.3) is 0 Å². The first-order valence-electron chi connectivity index (χ1n) is 7.41. The fourth-order valence-electron chi connectivity index (χ4n) is 2.90. The summed E-state index contributed by atoms with van der Waals surface area (Å²) in [5.41, 5.74) is 2.03. The summed E-state index contributed by atoms with van der Waals surface area (Å²) >= 11 is 0. The number of amides is 1. The standard InChI is InChI=1S/C16H19NO4/c18-15-7-4-12-8-13(21-10-16(19)20)5-6-14(12)17(15)9-11-2-1-3-11/h5-6,8,11H,1-4,7,9-10H2,(H,19,20). The Hall–Kier alpha value is -2.04. The average molecular weight is 289 g/mol. The van der Waals surface area contributed by atoms with Crippen LogP contribution in [0.5, 0.6) is 5.75 Å². The number of carboxylic acid groups (broad SMARTS) is 1. The van der Waals surface area contributed by atoms with Crippen molar-refractivity contribution in [2.45, 2.75) is 32.1 Å². The second-order valence-electron chi connectivity index (χ2n) is 5.77. The van der Waals surface area contributed by atoms with Crippen molar-refractivity contribution in [3.8, 4) is 5.75 Å². The number of aliphatic carboxylic acids is 1. The van der Waals surface area contributed by atoms with Gasteiger partial charge < -0.3 is 14.7 Å². The Morgan fingerprint density at radius 2 is 2.14 bits per heavy atom. The van der Waals surface area contributed by atoms with Gasteiger partial charge in [-0.1, -0.05) is 6.42 Å². The molecular formula is C16H19NO4. The average Bonchev–Trinajstić information content (AvgIpc) is 2.42. The molecule has 0 spiro atoms. The minimum atomic E-state index is -0.991. The molecule has 1 amide bonds. The number of hydrogen-bond acceptors (Lipinski definition) is 3. The SMILES string of the molecule is O=C(O)COc1ccc2c(c1)CCC(=O)N2CC1CCC1. The van der Waals surface area contributed by atoms with E-state index < -0.39 is 5.97 Å². The molecule has 0 radical (unpaired) electrons. The number of anilines is 1. The molecule has 1 aliphatic heterocycles. The van der Waals surface area contributed by atoms with Crippen LogP contribution in [0.15, 0.2) is 18.2 Å². The molecule has 1 aromatic rings. The van der Waals surface area contributed by atoms with Crippen molar-refractivity contribution in [1.29, 1.82) is 0 Å². The van der Waals surface area contributed by atoms with Crippen molar-refractivity contribution in [3.05, 3.63) is 23.8 Å². The molecule has 1 fully saturated rings. The van der Waals surface area contributed by atoms with Gasteiger partial charge in [0, 0.05) is 18.7 Å². The second kappa shape index (κ2) is 5.76. The Bertz CT molecular complexity index is 565. The molecule has 1 N–H and O–H groups in total. The van der Waals surface area contributed by atoms with Crippen LogP contribution in [-0.4, -0.2) is 30.1 Å². The summed E-state index contributed by atoms with van der Waals surface area (Å²) < 4.78 is 5.21. The molecule has 1 heterocycles. The normalized spacial score (nSPS) is 18.1. The van der Waals surface area contributed by atoms with Gasteiger partial charge in [0.2, 0.25) is 5.91 Å². The topological polar surface area (TPSA) is 66.8 Å². The van der Waals surface area contributed by atoms with E-state index in [4.69, 9.17) is 9.84 Å². The number of benzene rings is 1. The summed E-state index contributed by atoms with van der Waals surface area (Å²) in [6.07, 6.45) is 4.89. The lowest BCUT2D eigenvalue weighted by Crippen LogP contribution is -2.40. The van der Waals surface area contributed by atoms with Gasteiger partial charge in [0.05, 0.1) is 0 Å². The fourth-order valence-corrected chi connectivity index (χ4v) is 2.90. The Labute approximate surface area is 123 Å². The molecule has 0 bridgehead atoms. The highest BCUT2D eigenvalue weighted by atomic mass is 16.5. The molecule has 0 saturated heterocycles. The van der Waals surface area contributed by atoms with Crippen LogP contribution in [0.4, 0.5) is 5.69 Å². The number of fused-ring (bicyclic) bond motifs is 1. The van der Waals surface area contributed by atoms with Gasteiger partial charge in [-0.05, 0) is 48.9 Å². The lowest BCUT2D eigenvalue weighted by molar-refractivity contribution is -0.139. The van der Waals surface area contributed by atoms with Gasteiger partial charge in [-0.15, -0.1) is 0 Å². The van der Waals surface area contributed by atoms with Gasteiger partial charge in [0.25, 0.3) is 0 Å². The molecule has 0 atom stereocenters. The van der Waals surface area contributed by atoms with E-state index in [2.05, 4.69) is 0 Å². The lowest BCUT2D eigenvalue weighted by atomic mass is 9.84. The van der Waals surface area contributed by atoms with Crippen LogP contribution < -0.4 is 9.64 Å². The number of ether oxygens (including phenoxy) is 1. The molecule has 5 heteroatoms. The predicted molar refractivity (Wildman–Crippen MR) is 77.6 cm³/mol. The largest absolute Gasteiger partial charge is 0.482 e. The summed E-state index contributed by atoms with van der Waals surface area (Å²) in [5, 5.41) is 8.64. The van der Waals surface area contributed by atoms with Gasteiger partial charge >= 0.3 is 5.97 Å². The van der Waals surface area contributed by atoms with Crippen molar-refractivity contribution in [3.63, 3.8) is 0 Å². The molecule has 1 saturated carbocycles. The minimum Gasteiger partial charge on any atom is -0.482 e. The Kier molecular flexibility index (Phi) is 3.82. The summed E-state index contributed by atoms with van der Waals surface area (Å²) in [7, 11) is 0. The van der Waals surface area contributed by atoms with Crippen molar-refractivity contribution >= 4 is 17.6 Å². The smallest absolute Gasteiger partial charge is 0.341 e. The lowest BCUT2D eigenvalue weighted by Gasteiger charge is -2.35. The van der Waals surface area contributed by atoms with Crippen molar-refractivity contribution in [2.24, 2.45) is 5.92 Å². The third-order valence-electron chi connectivity index (χ3n) is 4.28. The molecule has 3 rings (SSSR count). The van der Waals surface area contributed by atoms with Crippen molar-refractivity contribution in [2.75, 3.05) is 18.1 Å². The maximum atomic E-state index is 12.1. The minimum absolute atomic E-state index is 0.189. The van der Waals surface area contributed by atoms with E-state index in [1.807, 2.05) is 17.0 Å². The van der Waals surface area contributed by atoms with E-state index in [1.54, 1.807) is 6.07 Å². The van der Waals surface area contributed by atoms with E-state index in [-0.39, 0.29) is 12.5 Å². The molecule has 1 aromatic carbocycles. The van der Waals surface area contributed by atoms with Crippen LogP contribution in [-0.2, 0) is 16.0 Å². The highest BCUT2D eigenvalue weighted by Crippen LogP contribution is 2.35.